The molecule has 0 bridgehead atoms. The van der Waals surface area contributed by atoms with Crippen molar-refractivity contribution in [3.63, 3.8) is 0 Å². The maximum atomic E-state index is 6.02. The molecule has 0 radical (unpaired) electrons. The molecular formula is C11H15N3OS. The third-order valence-corrected chi connectivity index (χ3v) is 3.15. The smallest absolute Gasteiger partial charge is 0.248 e. The number of thiophene rings is 1. The Balaban J connectivity index is 2.12. The minimum absolute atomic E-state index is 0.298. The van der Waals surface area contributed by atoms with Gasteiger partial charge in [0.1, 0.15) is 6.04 Å². The fraction of sp³-hybridized carbons (Fsp3) is 0.455. The highest BCUT2D eigenvalue weighted by molar-refractivity contribution is 7.10. The van der Waals surface area contributed by atoms with Gasteiger partial charge in [-0.15, -0.1) is 11.3 Å². The van der Waals surface area contributed by atoms with Gasteiger partial charge in [0.05, 0.1) is 0 Å². The average molecular weight is 237 g/mol. The van der Waals surface area contributed by atoms with E-state index in [-0.39, 0.29) is 6.04 Å². The first-order valence-corrected chi connectivity index (χ1v) is 6.16. The second-order valence-electron chi connectivity index (χ2n) is 4.14. The van der Waals surface area contributed by atoms with Gasteiger partial charge in [-0.25, -0.2) is 0 Å². The van der Waals surface area contributed by atoms with Crippen LogP contribution in [0.25, 0.3) is 0 Å². The maximum Gasteiger partial charge on any atom is 0.248 e. The zero-order chi connectivity index (χ0) is 11.5. The lowest BCUT2D eigenvalue weighted by molar-refractivity contribution is 0.361. The molecule has 2 N–H and O–H groups in total. The molecule has 4 nitrogen and oxygen atoms in total. The van der Waals surface area contributed by atoms with Crippen LogP contribution in [0.3, 0.4) is 0 Å². The molecule has 0 aliphatic carbocycles. The molecule has 0 aliphatic heterocycles. The number of aromatic nitrogens is 2. The van der Waals surface area contributed by atoms with Gasteiger partial charge in [-0.05, 0) is 17.4 Å². The average Bonchev–Trinajstić information content (AvgIpc) is 2.84. The summed E-state index contributed by atoms with van der Waals surface area (Å²) in [5.41, 5.74) is 6.02. The molecule has 2 aromatic heterocycles. The molecule has 0 amide bonds. The molecule has 86 valence electrons. The Morgan fingerprint density at radius 3 is 2.94 bits per heavy atom. The monoisotopic (exact) mass is 237 g/mol. The van der Waals surface area contributed by atoms with Crippen molar-refractivity contribution >= 4 is 11.3 Å². The molecule has 2 heterocycles. The van der Waals surface area contributed by atoms with Crippen LogP contribution < -0.4 is 5.73 Å². The SMILES string of the molecule is CC(C)Cc1noc(C(N)c2cccs2)n1. The van der Waals surface area contributed by atoms with Crippen LogP contribution in [0.2, 0.25) is 0 Å². The number of nitrogens with zero attached hydrogens (tertiary/aromatic N) is 2. The Bertz CT molecular complexity index is 436. The predicted octanol–water partition coefficient (Wildman–Crippen LogP) is 2.38. The topological polar surface area (TPSA) is 64.9 Å². The summed E-state index contributed by atoms with van der Waals surface area (Å²) in [6, 6.07) is 3.64. The van der Waals surface area contributed by atoms with Gasteiger partial charge in [-0.3, -0.25) is 0 Å². The lowest BCUT2D eigenvalue weighted by Gasteiger charge is -2.01. The highest BCUT2D eigenvalue weighted by Gasteiger charge is 2.17. The van der Waals surface area contributed by atoms with Gasteiger partial charge in [-0.2, -0.15) is 4.98 Å². The second kappa shape index (κ2) is 4.76. The van der Waals surface area contributed by atoms with E-state index in [2.05, 4.69) is 24.0 Å². The van der Waals surface area contributed by atoms with Crippen LogP contribution in [0.1, 0.15) is 36.5 Å². The summed E-state index contributed by atoms with van der Waals surface area (Å²) in [7, 11) is 0. The largest absolute Gasteiger partial charge is 0.337 e. The number of hydrogen-bond donors (Lipinski definition) is 1. The summed E-state index contributed by atoms with van der Waals surface area (Å²) in [6.45, 7) is 4.24. The maximum absolute atomic E-state index is 6.02. The summed E-state index contributed by atoms with van der Waals surface area (Å²) in [5.74, 6) is 1.75. The van der Waals surface area contributed by atoms with Crippen LogP contribution >= 0.6 is 11.3 Å². The summed E-state index contributed by atoms with van der Waals surface area (Å²) in [5, 5.41) is 5.91. The zero-order valence-electron chi connectivity index (χ0n) is 9.38. The van der Waals surface area contributed by atoms with E-state index in [0.717, 1.165) is 17.1 Å². The van der Waals surface area contributed by atoms with Crippen molar-refractivity contribution in [3.8, 4) is 0 Å². The first-order valence-electron chi connectivity index (χ1n) is 5.28. The molecule has 0 saturated heterocycles. The van der Waals surface area contributed by atoms with Gasteiger partial charge >= 0.3 is 0 Å². The molecule has 0 aliphatic rings. The summed E-state index contributed by atoms with van der Waals surface area (Å²) in [6.07, 6.45) is 0.820. The second-order valence-corrected chi connectivity index (χ2v) is 5.12. The molecule has 0 fully saturated rings. The van der Waals surface area contributed by atoms with E-state index in [0.29, 0.717) is 11.8 Å². The standard InChI is InChI=1S/C11H15N3OS/c1-7(2)6-9-13-11(15-14-9)10(12)8-4-3-5-16-8/h3-5,7,10H,6,12H2,1-2H3. The van der Waals surface area contributed by atoms with Gasteiger partial charge in [0.15, 0.2) is 5.82 Å². The van der Waals surface area contributed by atoms with Gasteiger partial charge < -0.3 is 10.3 Å². The molecule has 0 spiro atoms. The summed E-state index contributed by atoms with van der Waals surface area (Å²) < 4.78 is 5.17. The Labute approximate surface area is 98.5 Å². The predicted molar refractivity (Wildman–Crippen MR) is 63.2 cm³/mol. The van der Waals surface area contributed by atoms with Gasteiger partial charge in [0.25, 0.3) is 0 Å². The van der Waals surface area contributed by atoms with Crippen molar-refractivity contribution in [2.45, 2.75) is 26.3 Å². The number of nitrogens with two attached hydrogens (primary N) is 1. The minimum Gasteiger partial charge on any atom is -0.337 e. The number of hydrogen-bond acceptors (Lipinski definition) is 5. The van der Waals surface area contributed by atoms with Crippen LogP contribution in [0.4, 0.5) is 0 Å². The number of rotatable bonds is 4. The van der Waals surface area contributed by atoms with E-state index in [1.165, 1.54) is 0 Å². The normalized spacial score (nSPS) is 13.2. The van der Waals surface area contributed by atoms with Crippen molar-refractivity contribution in [2.75, 3.05) is 0 Å². The van der Waals surface area contributed by atoms with Crippen LogP contribution in [-0.2, 0) is 6.42 Å². The molecule has 2 aromatic rings. The first kappa shape index (κ1) is 11.3. The molecule has 0 saturated carbocycles. The quantitative estimate of drug-likeness (QED) is 0.886. The van der Waals surface area contributed by atoms with Gasteiger partial charge in [0.2, 0.25) is 5.89 Å². The fourth-order valence-electron chi connectivity index (χ4n) is 1.43. The van der Waals surface area contributed by atoms with Crippen molar-refractivity contribution < 1.29 is 4.52 Å². The molecule has 1 atom stereocenters. The molecule has 2 rings (SSSR count). The van der Waals surface area contributed by atoms with Gasteiger partial charge in [0, 0.05) is 11.3 Å². The Kier molecular flexibility index (Phi) is 3.36. The van der Waals surface area contributed by atoms with Crippen LogP contribution in [0, 0.1) is 5.92 Å². The molecule has 1 unspecified atom stereocenters. The van der Waals surface area contributed by atoms with E-state index in [1.54, 1.807) is 11.3 Å². The van der Waals surface area contributed by atoms with Crippen LogP contribution in [-0.4, -0.2) is 10.1 Å². The lowest BCUT2D eigenvalue weighted by atomic mass is 10.1. The van der Waals surface area contributed by atoms with Gasteiger partial charge in [-0.1, -0.05) is 25.1 Å². The molecular weight excluding hydrogens is 222 g/mol. The van der Waals surface area contributed by atoms with Crippen molar-refractivity contribution in [2.24, 2.45) is 11.7 Å². The Hall–Kier alpha value is -1.20. The highest BCUT2D eigenvalue weighted by atomic mass is 32.1. The molecule has 5 heteroatoms. The van der Waals surface area contributed by atoms with E-state index >= 15 is 0 Å². The van der Waals surface area contributed by atoms with E-state index < -0.39 is 0 Å². The van der Waals surface area contributed by atoms with Crippen molar-refractivity contribution in [1.29, 1.82) is 0 Å². The van der Waals surface area contributed by atoms with Crippen LogP contribution in [0.5, 0.6) is 0 Å². The lowest BCUT2D eigenvalue weighted by Crippen LogP contribution is -2.10. The summed E-state index contributed by atoms with van der Waals surface area (Å²) in [4.78, 5) is 5.35. The van der Waals surface area contributed by atoms with Crippen molar-refractivity contribution in [3.05, 3.63) is 34.1 Å². The molecule has 16 heavy (non-hydrogen) atoms. The van der Waals surface area contributed by atoms with Crippen LogP contribution in [0.15, 0.2) is 22.0 Å². The Morgan fingerprint density at radius 2 is 2.31 bits per heavy atom. The summed E-state index contributed by atoms with van der Waals surface area (Å²) >= 11 is 1.60. The van der Waals surface area contributed by atoms with E-state index in [9.17, 15) is 0 Å². The van der Waals surface area contributed by atoms with E-state index in [4.69, 9.17) is 10.3 Å². The van der Waals surface area contributed by atoms with Crippen molar-refractivity contribution in [1.82, 2.24) is 10.1 Å². The van der Waals surface area contributed by atoms with E-state index in [1.807, 2.05) is 17.5 Å². The molecule has 0 aromatic carbocycles. The highest BCUT2D eigenvalue weighted by Crippen LogP contribution is 2.22. The first-order chi connectivity index (χ1) is 7.66. The fourth-order valence-corrected chi connectivity index (χ4v) is 2.15. The third kappa shape index (κ3) is 2.48. The Morgan fingerprint density at radius 1 is 1.50 bits per heavy atom. The minimum atomic E-state index is -0.298. The third-order valence-electron chi connectivity index (χ3n) is 2.19. The zero-order valence-corrected chi connectivity index (χ0v) is 10.2.